The second-order valence-electron chi connectivity index (χ2n) is 4.36. The lowest BCUT2D eigenvalue weighted by Crippen LogP contribution is -2.28. The van der Waals surface area contributed by atoms with Crippen molar-refractivity contribution in [3.63, 3.8) is 0 Å². The van der Waals surface area contributed by atoms with Gasteiger partial charge in [0.25, 0.3) is 0 Å². The predicted octanol–water partition coefficient (Wildman–Crippen LogP) is 1.89. The fourth-order valence-electron chi connectivity index (χ4n) is 1.59. The molecule has 5 nitrogen and oxygen atoms in total. The van der Waals surface area contributed by atoms with E-state index in [1.165, 1.54) is 0 Å². The van der Waals surface area contributed by atoms with Crippen molar-refractivity contribution in [1.82, 2.24) is 10.6 Å². The summed E-state index contributed by atoms with van der Waals surface area (Å²) >= 11 is 3.33. The normalized spacial score (nSPS) is 10.1. The topological polar surface area (TPSA) is 70.2 Å². The van der Waals surface area contributed by atoms with Crippen LogP contribution in [0, 0.1) is 0 Å². The molecule has 0 aliphatic heterocycles. The third kappa shape index (κ3) is 7.25. The molecule has 0 aromatic heterocycles. The van der Waals surface area contributed by atoms with Crippen LogP contribution in [0.15, 0.2) is 28.7 Å². The number of carbonyl (C=O) groups is 2. The molecule has 0 spiro atoms. The van der Waals surface area contributed by atoms with Crippen LogP contribution in [0.25, 0.3) is 0 Å². The summed E-state index contributed by atoms with van der Waals surface area (Å²) in [5.41, 5.74) is 0.749. The SMILES string of the molecule is CNCCCC(=O)NCCC(=O)Nc1ccc(Br)cc1. The van der Waals surface area contributed by atoms with Crippen LogP contribution < -0.4 is 16.0 Å². The summed E-state index contributed by atoms with van der Waals surface area (Å²) < 4.78 is 0.962. The van der Waals surface area contributed by atoms with Crippen LogP contribution in [-0.4, -0.2) is 32.0 Å². The molecule has 1 aromatic carbocycles. The van der Waals surface area contributed by atoms with Crippen LogP contribution in [0.4, 0.5) is 5.69 Å². The van der Waals surface area contributed by atoms with Crippen LogP contribution >= 0.6 is 15.9 Å². The van der Waals surface area contributed by atoms with Gasteiger partial charge in [-0.25, -0.2) is 0 Å². The summed E-state index contributed by atoms with van der Waals surface area (Å²) in [7, 11) is 1.85. The molecule has 110 valence electrons. The van der Waals surface area contributed by atoms with E-state index in [0.717, 1.165) is 23.1 Å². The first-order valence-corrected chi connectivity index (χ1v) is 7.38. The van der Waals surface area contributed by atoms with E-state index in [-0.39, 0.29) is 18.2 Å². The third-order valence-electron chi connectivity index (χ3n) is 2.63. The lowest BCUT2D eigenvalue weighted by atomic mass is 10.3. The van der Waals surface area contributed by atoms with Crippen molar-refractivity contribution in [2.45, 2.75) is 19.3 Å². The minimum Gasteiger partial charge on any atom is -0.356 e. The van der Waals surface area contributed by atoms with Crippen LogP contribution in [0.5, 0.6) is 0 Å². The van der Waals surface area contributed by atoms with Crippen LogP contribution in [-0.2, 0) is 9.59 Å². The fourth-order valence-corrected chi connectivity index (χ4v) is 1.85. The van der Waals surface area contributed by atoms with Gasteiger partial charge in [0.15, 0.2) is 0 Å². The summed E-state index contributed by atoms with van der Waals surface area (Å²) in [6, 6.07) is 7.36. The molecule has 0 heterocycles. The highest BCUT2D eigenvalue weighted by Gasteiger charge is 2.04. The van der Waals surface area contributed by atoms with Gasteiger partial charge in [0, 0.05) is 29.5 Å². The first kappa shape index (κ1) is 16.7. The molecule has 0 unspecified atom stereocenters. The fraction of sp³-hybridized carbons (Fsp3) is 0.429. The van der Waals surface area contributed by atoms with E-state index in [1.54, 1.807) is 0 Å². The Kier molecular flexibility index (Phi) is 7.91. The maximum atomic E-state index is 11.7. The Labute approximate surface area is 127 Å². The standard InChI is InChI=1S/C14H20BrN3O2/c1-16-9-2-3-13(19)17-10-8-14(20)18-12-6-4-11(15)5-7-12/h4-7,16H,2-3,8-10H2,1H3,(H,17,19)(H,18,20). The highest BCUT2D eigenvalue weighted by Crippen LogP contribution is 2.14. The zero-order valence-electron chi connectivity index (χ0n) is 11.5. The molecule has 20 heavy (non-hydrogen) atoms. The van der Waals surface area contributed by atoms with Crippen molar-refractivity contribution in [2.24, 2.45) is 0 Å². The average Bonchev–Trinajstić information content (AvgIpc) is 2.42. The van der Waals surface area contributed by atoms with Crippen molar-refractivity contribution in [2.75, 3.05) is 25.5 Å². The first-order valence-electron chi connectivity index (χ1n) is 6.58. The molecule has 6 heteroatoms. The Balaban J connectivity index is 2.17. The molecule has 0 radical (unpaired) electrons. The van der Waals surface area contributed by atoms with Gasteiger partial charge in [0.2, 0.25) is 11.8 Å². The van der Waals surface area contributed by atoms with E-state index < -0.39 is 0 Å². The van der Waals surface area contributed by atoms with Crippen molar-refractivity contribution in [3.8, 4) is 0 Å². The molecule has 1 rings (SSSR count). The Bertz CT molecular complexity index is 435. The quantitative estimate of drug-likeness (QED) is 0.632. The van der Waals surface area contributed by atoms with Gasteiger partial charge in [-0.2, -0.15) is 0 Å². The number of hydrogen-bond acceptors (Lipinski definition) is 3. The highest BCUT2D eigenvalue weighted by molar-refractivity contribution is 9.10. The largest absolute Gasteiger partial charge is 0.356 e. The van der Waals surface area contributed by atoms with Crippen molar-refractivity contribution < 1.29 is 9.59 Å². The number of halogens is 1. The number of carbonyl (C=O) groups excluding carboxylic acids is 2. The second kappa shape index (κ2) is 9.50. The van der Waals surface area contributed by atoms with Crippen LogP contribution in [0.1, 0.15) is 19.3 Å². The molecular formula is C14H20BrN3O2. The molecule has 1 aromatic rings. The van der Waals surface area contributed by atoms with Gasteiger partial charge in [0.05, 0.1) is 0 Å². The molecule has 0 aliphatic carbocycles. The second-order valence-corrected chi connectivity index (χ2v) is 5.28. The molecule has 0 saturated heterocycles. The van der Waals surface area contributed by atoms with Crippen LogP contribution in [0.3, 0.4) is 0 Å². The summed E-state index contributed by atoms with van der Waals surface area (Å²) in [5.74, 6) is -0.125. The molecule has 0 bridgehead atoms. The first-order chi connectivity index (χ1) is 9.61. The number of rotatable bonds is 8. The van der Waals surface area contributed by atoms with E-state index in [4.69, 9.17) is 0 Å². The van der Waals surface area contributed by atoms with E-state index in [2.05, 4.69) is 31.9 Å². The summed E-state index contributed by atoms with van der Waals surface area (Å²) in [6.45, 7) is 1.18. The number of hydrogen-bond donors (Lipinski definition) is 3. The zero-order valence-corrected chi connectivity index (χ0v) is 13.1. The van der Waals surface area contributed by atoms with Crippen LogP contribution in [0.2, 0.25) is 0 Å². The Morgan fingerprint density at radius 1 is 1.05 bits per heavy atom. The monoisotopic (exact) mass is 341 g/mol. The van der Waals surface area contributed by atoms with E-state index in [9.17, 15) is 9.59 Å². The van der Waals surface area contributed by atoms with E-state index >= 15 is 0 Å². The minimum atomic E-state index is -0.108. The van der Waals surface area contributed by atoms with Gasteiger partial charge in [-0.1, -0.05) is 15.9 Å². The van der Waals surface area contributed by atoms with Gasteiger partial charge in [-0.15, -0.1) is 0 Å². The summed E-state index contributed by atoms with van der Waals surface area (Å²) in [4.78, 5) is 23.1. The van der Waals surface area contributed by atoms with Gasteiger partial charge in [-0.05, 0) is 44.3 Å². The Morgan fingerprint density at radius 3 is 2.40 bits per heavy atom. The van der Waals surface area contributed by atoms with E-state index in [1.807, 2.05) is 31.3 Å². The smallest absolute Gasteiger partial charge is 0.226 e. The summed E-state index contributed by atoms with van der Waals surface area (Å²) in [5, 5.41) is 8.49. The zero-order chi connectivity index (χ0) is 14.8. The lowest BCUT2D eigenvalue weighted by Gasteiger charge is -2.07. The maximum Gasteiger partial charge on any atom is 0.226 e. The maximum absolute atomic E-state index is 11.7. The molecular weight excluding hydrogens is 322 g/mol. The van der Waals surface area contributed by atoms with E-state index in [0.29, 0.717) is 13.0 Å². The molecule has 0 atom stereocenters. The number of amides is 2. The minimum absolute atomic E-state index is 0.0170. The van der Waals surface area contributed by atoms with Crippen molar-refractivity contribution in [3.05, 3.63) is 28.7 Å². The summed E-state index contributed by atoms with van der Waals surface area (Å²) in [6.07, 6.45) is 1.55. The molecule has 0 fully saturated rings. The third-order valence-corrected chi connectivity index (χ3v) is 3.16. The predicted molar refractivity (Wildman–Crippen MR) is 83.6 cm³/mol. The number of nitrogens with one attached hydrogen (secondary N) is 3. The molecule has 2 amide bonds. The average molecular weight is 342 g/mol. The van der Waals surface area contributed by atoms with Crippen molar-refractivity contribution >= 4 is 33.4 Å². The molecule has 0 saturated carbocycles. The van der Waals surface area contributed by atoms with Gasteiger partial charge < -0.3 is 16.0 Å². The Morgan fingerprint density at radius 2 is 1.75 bits per heavy atom. The molecule has 3 N–H and O–H groups in total. The van der Waals surface area contributed by atoms with Crippen molar-refractivity contribution in [1.29, 1.82) is 0 Å². The Hall–Kier alpha value is -1.40. The number of benzene rings is 1. The lowest BCUT2D eigenvalue weighted by molar-refractivity contribution is -0.121. The number of anilines is 1. The van der Waals surface area contributed by atoms with Gasteiger partial charge >= 0.3 is 0 Å². The van der Waals surface area contributed by atoms with Gasteiger partial charge in [-0.3, -0.25) is 9.59 Å². The highest BCUT2D eigenvalue weighted by atomic mass is 79.9. The van der Waals surface area contributed by atoms with Gasteiger partial charge in [0.1, 0.15) is 0 Å². The molecule has 0 aliphatic rings.